The van der Waals surface area contributed by atoms with Crippen LogP contribution in [0.3, 0.4) is 0 Å². The van der Waals surface area contributed by atoms with E-state index >= 15 is 0 Å². The summed E-state index contributed by atoms with van der Waals surface area (Å²) in [6.07, 6.45) is 4.15. The lowest BCUT2D eigenvalue weighted by atomic mass is 9.88. The molecule has 0 radical (unpaired) electrons. The maximum atomic E-state index is 12.4. The Morgan fingerprint density at radius 1 is 1.15 bits per heavy atom. The number of alkyl halides is 2. The van der Waals surface area contributed by atoms with Crippen LogP contribution in [0.4, 0.5) is 8.78 Å². The molecule has 1 heterocycles. The van der Waals surface area contributed by atoms with Gasteiger partial charge in [0.2, 0.25) is 0 Å². The minimum atomic E-state index is -2.28. The van der Waals surface area contributed by atoms with Crippen molar-refractivity contribution < 1.29 is 13.9 Å². The van der Waals surface area contributed by atoms with Crippen molar-refractivity contribution in [3.63, 3.8) is 0 Å². The van der Waals surface area contributed by atoms with Crippen molar-refractivity contribution in [1.82, 2.24) is 10.2 Å². The van der Waals surface area contributed by atoms with Gasteiger partial charge in [-0.15, -0.1) is 0 Å². The van der Waals surface area contributed by atoms with E-state index in [4.69, 9.17) is 0 Å². The van der Waals surface area contributed by atoms with Crippen molar-refractivity contribution in [3.05, 3.63) is 0 Å². The van der Waals surface area contributed by atoms with E-state index in [1.807, 2.05) is 0 Å². The summed E-state index contributed by atoms with van der Waals surface area (Å²) in [6.45, 7) is 1.73. The summed E-state index contributed by atoms with van der Waals surface area (Å²) >= 11 is 0. The van der Waals surface area contributed by atoms with Crippen LogP contribution in [-0.4, -0.2) is 54.3 Å². The molecule has 1 aliphatic heterocycles. The van der Waals surface area contributed by atoms with E-state index in [2.05, 4.69) is 10.2 Å². The number of hydrogen-bond donors (Lipinski definition) is 2. The molecule has 2 saturated carbocycles. The maximum absolute atomic E-state index is 12.4. The van der Waals surface area contributed by atoms with Crippen LogP contribution in [0.1, 0.15) is 38.5 Å². The Kier molecular flexibility index (Phi) is 4.58. The van der Waals surface area contributed by atoms with Gasteiger partial charge >= 0.3 is 0 Å². The molecular formula is C15H26F2N2O. The van der Waals surface area contributed by atoms with Gasteiger partial charge in [0.05, 0.1) is 12.6 Å². The summed E-state index contributed by atoms with van der Waals surface area (Å²) < 4.78 is 24.7. The SMILES string of the molecule is OC(CC1CC(NCC(F)F)CN(C2CC2)C1)C1CC1. The number of aliphatic hydroxyl groups excluding tert-OH is 1. The van der Waals surface area contributed by atoms with Gasteiger partial charge in [-0.3, -0.25) is 4.90 Å². The van der Waals surface area contributed by atoms with Crippen LogP contribution in [0.5, 0.6) is 0 Å². The van der Waals surface area contributed by atoms with Gasteiger partial charge in [0.15, 0.2) is 0 Å². The fourth-order valence-electron chi connectivity index (χ4n) is 3.57. The first-order valence-electron chi connectivity index (χ1n) is 8.05. The van der Waals surface area contributed by atoms with E-state index in [1.54, 1.807) is 0 Å². The first-order valence-corrected chi connectivity index (χ1v) is 8.05. The third-order valence-electron chi connectivity index (χ3n) is 4.93. The molecule has 3 rings (SSSR count). The lowest BCUT2D eigenvalue weighted by Crippen LogP contribution is -2.51. The Morgan fingerprint density at radius 2 is 1.90 bits per heavy atom. The second kappa shape index (κ2) is 6.24. The second-order valence-electron chi connectivity index (χ2n) is 6.92. The van der Waals surface area contributed by atoms with Crippen molar-refractivity contribution in [2.75, 3.05) is 19.6 Å². The van der Waals surface area contributed by atoms with Crippen LogP contribution < -0.4 is 5.32 Å². The first-order chi connectivity index (χ1) is 9.61. The highest BCUT2D eigenvalue weighted by Gasteiger charge is 2.38. The molecule has 1 saturated heterocycles. The molecule has 2 aliphatic carbocycles. The topological polar surface area (TPSA) is 35.5 Å². The lowest BCUT2D eigenvalue weighted by Gasteiger charge is -2.39. The summed E-state index contributed by atoms with van der Waals surface area (Å²) in [5.41, 5.74) is 0. The van der Waals surface area contributed by atoms with Crippen LogP contribution in [0, 0.1) is 11.8 Å². The van der Waals surface area contributed by atoms with Gasteiger partial charge < -0.3 is 10.4 Å². The molecule has 3 nitrogen and oxygen atoms in total. The van der Waals surface area contributed by atoms with E-state index < -0.39 is 6.43 Å². The van der Waals surface area contributed by atoms with Crippen molar-refractivity contribution in [3.8, 4) is 0 Å². The third-order valence-corrected chi connectivity index (χ3v) is 4.93. The van der Waals surface area contributed by atoms with Crippen molar-refractivity contribution in [2.45, 2.75) is 63.1 Å². The van der Waals surface area contributed by atoms with Crippen LogP contribution in [0.25, 0.3) is 0 Å². The second-order valence-corrected chi connectivity index (χ2v) is 6.92. The zero-order valence-corrected chi connectivity index (χ0v) is 12.0. The monoisotopic (exact) mass is 288 g/mol. The Bertz CT molecular complexity index is 319. The lowest BCUT2D eigenvalue weighted by molar-refractivity contribution is 0.0654. The van der Waals surface area contributed by atoms with Gasteiger partial charge in [-0.2, -0.15) is 0 Å². The summed E-state index contributed by atoms with van der Waals surface area (Å²) in [5, 5.41) is 13.1. The molecule has 0 aromatic rings. The van der Waals surface area contributed by atoms with Crippen molar-refractivity contribution in [2.24, 2.45) is 11.8 Å². The van der Waals surface area contributed by atoms with Gasteiger partial charge in [0, 0.05) is 25.2 Å². The molecule has 3 unspecified atom stereocenters. The van der Waals surface area contributed by atoms with Crippen LogP contribution in [0.2, 0.25) is 0 Å². The highest BCUT2D eigenvalue weighted by molar-refractivity contribution is 4.94. The number of aliphatic hydroxyl groups is 1. The van der Waals surface area contributed by atoms with Crippen molar-refractivity contribution >= 4 is 0 Å². The quantitative estimate of drug-likeness (QED) is 0.750. The van der Waals surface area contributed by atoms with Gasteiger partial charge in [0.25, 0.3) is 6.43 Å². The highest BCUT2D eigenvalue weighted by Crippen LogP contribution is 2.38. The van der Waals surface area contributed by atoms with E-state index in [-0.39, 0.29) is 18.7 Å². The molecule has 20 heavy (non-hydrogen) atoms. The van der Waals surface area contributed by atoms with Gasteiger partial charge in [-0.1, -0.05) is 0 Å². The van der Waals surface area contributed by atoms with E-state index in [0.29, 0.717) is 17.9 Å². The molecule has 0 spiro atoms. The fourth-order valence-corrected chi connectivity index (χ4v) is 3.57. The fraction of sp³-hybridized carbons (Fsp3) is 1.00. The molecule has 2 N–H and O–H groups in total. The number of nitrogens with zero attached hydrogens (tertiary/aromatic N) is 1. The predicted molar refractivity (Wildman–Crippen MR) is 73.8 cm³/mol. The molecule has 0 bridgehead atoms. The van der Waals surface area contributed by atoms with Gasteiger partial charge in [0.1, 0.15) is 0 Å². The Balaban J connectivity index is 1.51. The molecule has 5 heteroatoms. The molecular weight excluding hydrogens is 262 g/mol. The van der Waals surface area contributed by atoms with Crippen molar-refractivity contribution in [1.29, 1.82) is 0 Å². The van der Waals surface area contributed by atoms with Gasteiger partial charge in [-0.05, 0) is 50.4 Å². The molecule has 3 aliphatic rings. The normalized spacial score (nSPS) is 33.6. The number of nitrogens with one attached hydrogen (secondary N) is 1. The largest absolute Gasteiger partial charge is 0.393 e. The van der Waals surface area contributed by atoms with Gasteiger partial charge in [-0.25, -0.2) is 8.78 Å². The minimum absolute atomic E-state index is 0.162. The number of halogens is 2. The predicted octanol–water partition coefficient (Wildman–Crippen LogP) is 1.85. The van der Waals surface area contributed by atoms with E-state index in [9.17, 15) is 13.9 Å². The summed E-state index contributed by atoms with van der Waals surface area (Å²) in [5.74, 6) is 0.967. The summed E-state index contributed by atoms with van der Waals surface area (Å²) in [7, 11) is 0. The van der Waals surface area contributed by atoms with Crippen LogP contribution >= 0.6 is 0 Å². The highest BCUT2D eigenvalue weighted by atomic mass is 19.3. The Hall–Kier alpha value is -0.260. The number of rotatable bonds is 7. The van der Waals surface area contributed by atoms with Crippen LogP contribution in [-0.2, 0) is 0 Å². The molecule has 3 fully saturated rings. The third kappa shape index (κ3) is 4.12. The summed E-state index contributed by atoms with van der Waals surface area (Å²) in [6, 6.07) is 0.835. The van der Waals surface area contributed by atoms with E-state index in [1.165, 1.54) is 12.8 Å². The standard InChI is InChI=1S/C15H26F2N2O/c16-15(17)7-18-12-5-10(6-14(20)11-1-2-11)8-19(9-12)13-3-4-13/h10-15,18,20H,1-9H2. The summed E-state index contributed by atoms with van der Waals surface area (Å²) in [4.78, 5) is 2.46. The zero-order valence-electron chi connectivity index (χ0n) is 12.0. The molecule has 0 aromatic heterocycles. The molecule has 116 valence electrons. The maximum Gasteiger partial charge on any atom is 0.250 e. The molecule has 0 aromatic carbocycles. The molecule has 0 amide bonds. The Labute approximate surface area is 119 Å². The average molecular weight is 288 g/mol. The Morgan fingerprint density at radius 3 is 2.50 bits per heavy atom. The number of hydrogen-bond acceptors (Lipinski definition) is 3. The first kappa shape index (κ1) is 14.7. The smallest absolute Gasteiger partial charge is 0.250 e. The molecule has 3 atom stereocenters. The van der Waals surface area contributed by atoms with E-state index in [0.717, 1.165) is 38.8 Å². The number of piperidine rings is 1. The number of likely N-dealkylation sites (tertiary alicyclic amines) is 1. The average Bonchev–Trinajstić information content (AvgIpc) is 3.29. The zero-order chi connectivity index (χ0) is 14.1. The minimum Gasteiger partial charge on any atom is -0.393 e. The van der Waals surface area contributed by atoms with Crippen LogP contribution in [0.15, 0.2) is 0 Å².